The van der Waals surface area contributed by atoms with E-state index in [1.807, 2.05) is 67.6 Å². The molecule has 32 heavy (non-hydrogen) atoms. The van der Waals surface area contributed by atoms with E-state index < -0.39 is 28.1 Å². The number of sulfonamides is 1. The minimum absolute atomic E-state index is 0.0901. The summed E-state index contributed by atoms with van der Waals surface area (Å²) in [5.41, 5.74) is 2.73. The lowest BCUT2D eigenvalue weighted by atomic mass is 9.99. The maximum Gasteiger partial charge on any atom is 0.326 e. The lowest BCUT2D eigenvalue weighted by molar-refractivity contribution is -0.146. The summed E-state index contributed by atoms with van der Waals surface area (Å²) in [6.07, 6.45) is 0. The van der Waals surface area contributed by atoms with Gasteiger partial charge in [0.2, 0.25) is 10.0 Å². The Hall–Kier alpha value is -3.00. The molecule has 0 aliphatic carbocycles. The first kappa shape index (κ1) is 23.7. The van der Waals surface area contributed by atoms with Crippen LogP contribution >= 0.6 is 0 Å². The molecule has 0 heterocycles. The Bertz CT molecular complexity index is 1100. The molecule has 0 aliphatic heterocycles. The fraction of sp³-hybridized carbons (Fsp3) is 0.240. The van der Waals surface area contributed by atoms with E-state index >= 15 is 0 Å². The molecule has 168 valence electrons. The minimum atomic E-state index is -3.97. The van der Waals surface area contributed by atoms with Crippen molar-refractivity contribution in [1.82, 2.24) is 10.0 Å². The number of rotatable bonds is 10. The lowest BCUT2D eigenvalue weighted by Crippen LogP contribution is -2.49. The first-order valence-electron chi connectivity index (χ1n) is 10.5. The molecule has 0 amide bonds. The van der Waals surface area contributed by atoms with E-state index in [-0.39, 0.29) is 11.5 Å². The van der Waals surface area contributed by atoms with E-state index in [1.165, 1.54) is 12.1 Å². The van der Waals surface area contributed by atoms with Crippen LogP contribution in [0.3, 0.4) is 0 Å². The average molecular weight is 453 g/mol. The summed E-state index contributed by atoms with van der Waals surface area (Å²) in [6, 6.07) is 23.7. The van der Waals surface area contributed by atoms with Gasteiger partial charge < -0.3 is 10.1 Å². The summed E-state index contributed by atoms with van der Waals surface area (Å²) in [5.74, 6) is -0.641. The zero-order valence-electron chi connectivity index (χ0n) is 18.2. The number of nitrogens with one attached hydrogen (secondary N) is 2. The number of carbonyl (C=O) groups excluding carboxylic acids is 1. The molecule has 7 heteroatoms. The van der Waals surface area contributed by atoms with Crippen LogP contribution < -0.4 is 10.0 Å². The normalized spacial score (nSPS) is 13.3. The number of hydrogen-bond donors (Lipinski definition) is 2. The third kappa shape index (κ3) is 6.26. The Labute approximate surface area is 189 Å². The number of ether oxygens (including phenoxy) is 1. The minimum Gasteiger partial charge on any atom is -0.465 e. The van der Waals surface area contributed by atoms with Crippen LogP contribution in [-0.4, -0.2) is 27.0 Å². The summed E-state index contributed by atoms with van der Waals surface area (Å²) in [5, 5.41) is 3.35. The van der Waals surface area contributed by atoms with Crippen LogP contribution in [0.25, 0.3) is 0 Å². The number of benzene rings is 3. The van der Waals surface area contributed by atoms with E-state index in [2.05, 4.69) is 10.0 Å². The molecular weight excluding hydrogens is 424 g/mol. The number of hydrogen-bond acceptors (Lipinski definition) is 5. The Morgan fingerprint density at radius 2 is 1.50 bits per heavy atom. The highest BCUT2D eigenvalue weighted by Gasteiger charge is 2.35. The van der Waals surface area contributed by atoms with E-state index in [9.17, 15) is 13.2 Å². The van der Waals surface area contributed by atoms with Crippen LogP contribution in [0.15, 0.2) is 89.8 Å². The predicted octanol–water partition coefficient (Wildman–Crippen LogP) is 3.74. The van der Waals surface area contributed by atoms with Crippen LogP contribution in [-0.2, 0) is 26.1 Å². The zero-order valence-corrected chi connectivity index (χ0v) is 19.0. The van der Waals surface area contributed by atoms with Crippen molar-refractivity contribution in [3.8, 4) is 0 Å². The molecule has 0 spiro atoms. The molecule has 0 saturated carbocycles. The average Bonchev–Trinajstić information content (AvgIpc) is 2.80. The smallest absolute Gasteiger partial charge is 0.326 e. The number of aryl methyl sites for hydroxylation is 1. The molecule has 2 atom stereocenters. The third-order valence-corrected chi connectivity index (χ3v) is 6.47. The first-order valence-corrected chi connectivity index (χ1v) is 12.0. The summed E-state index contributed by atoms with van der Waals surface area (Å²) in [6.45, 7) is 4.16. The second-order valence-electron chi connectivity index (χ2n) is 7.42. The van der Waals surface area contributed by atoms with Crippen molar-refractivity contribution in [2.75, 3.05) is 6.61 Å². The standard InChI is InChI=1S/C25H28N2O4S/c1-3-31-25(28)24(27-32(29,30)22-16-14-19(2)15-17-22)23(21-12-8-5-9-13-21)26-18-20-10-6-4-7-11-20/h4-17,23-24,26-27H,3,18H2,1-2H3/t23-,24-/m0/s1. The van der Waals surface area contributed by atoms with Gasteiger partial charge in [-0.15, -0.1) is 0 Å². The van der Waals surface area contributed by atoms with Gasteiger partial charge in [-0.3, -0.25) is 4.79 Å². The van der Waals surface area contributed by atoms with Crippen molar-refractivity contribution in [2.45, 2.75) is 37.4 Å². The second-order valence-corrected chi connectivity index (χ2v) is 9.13. The topological polar surface area (TPSA) is 84.5 Å². The molecule has 0 aromatic heterocycles. The molecule has 0 radical (unpaired) electrons. The van der Waals surface area contributed by atoms with Crippen LogP contribution in [0.4, 0.5) is 0 Å². The van der Waals surface area contributed by atoms with Crippen molar-refractivity contribution < 1.29 is 17.9 Å². The summed E-state index contributed by atoms with van der Waals surface area (Å²) in [4.78, 5) is 13.0. The van der Waals surface area contributed by atoms with E-state index in [0.29, 0.717) is 6.54 Å². The molecule has 2 N–H and O–H groups in total. The van der Waals surface area contributed by atoms with Gasteiger partial charge in [0.05, 0.1) is 17.5 Å². The number of esters is 1. The fourth-order valence-corrected chi connectivity index (χ4v) is 4.55. The maximum atomic E-state index is 13.1. The van der Waals surface area contributed by atoms with Gasteiger partial charge in [0.15, 0.2) is 0 Å². The Kier molecular flexibility index (Phi) is 8.16. The molecular formula is C25H28N2O4S. The van der Waals surface area contributed by atoms with Crippen LogP contribution in [0.5, 0.6) is 0 Å². The molecule has 0 saturated heterocycles. The van der Waals surface area contributed by atoms with Gasteiger partial charge in [-0.25, -0.2) is 8.42 Å². The molecule has 6 nitrogen and oxygen atoms in total. The first-order chi connectivity index (χ1) is 15.4. The van der Waals surface area contributed by atoms with E-state index in [1.54, 1.807) is 19.1 Å². The highest BCUT2D eigenvalue weighted by molar-refractivity contribution is 7.89. The Morgan fingerprint density at radius 3 is 2.09 bits per heavy atom. The Balaban J connectivity index is 1.95. The van der Waals surface area contributed by atoms with Crippen molar-refractivity contribution >= 4 is 16.0 Å². The zero-order chi connectivity index (χ0) is 23.0. The van der Waals surface area contributed by atoms with Gasteiger partial charge in [-0.05, 0) is 37.1 Å². The van der Waals surface area contributed by atoms with Gasteiger partial charge in [0, 0.05) is 6.54 Å². The van der Waals surface area contributed by atoms with Gasteiger partial charge in [0.25, 0.3) is 0 Å². The van der Waals surface area contributed by atoms with Gasteiger partial charge >= 0.3 is 5.97 Å². The van der Waals surface area contributed by atoms with Gasteiger partial charge in [0.1, 0.15) is 6.04 Å². The molecule has 3 aromatic rings. The van der Waals surface area contributed by atoms with Crippen LogP contribution in [0.2, 0.25) is 0 Å². The van der Waals surface area contributed by atoms with E-state index in [0.717, 1.165) is 16.7 Å². The molecule has 0 fully saturated rings. The molecule has 0 unspecified atom stereocenters. The SMILES string of the molecule is CCOC(=O)[C@@H](NS(=O)(=O)c1ccc(C)cc1)[C@@H](NCc1ccccc1)c1ccccc1. The highest BCUT2D eigenvalue weighted by atomic mass is 32.2. The predicted molar refractivity (Wildman–Crippen MR) is 124 cm³/mol. The van der Waals surface area contributed by atoms with Gasteiger partial charge in [-0.1, -0.05) is 78.4 Å². The Morgan fingerprint density at radius 1 is 0.906 bits per heavy atom. The lowest BCUT2D eigenvalue weighted by Gasteiger charge is -2.28. The largest absolute Gasteiger partial charge is 0.465 e. The molecule has 0 bridgehead atoms. The highest BCUT2D eigenvalue weighted by Crippen LogP contribution is 2.22. The fourth-order valence-electron chi connectivity index (χ4n) is 3.35. The molecule has 3 aromatic carbocycles. The van der Waals surface area contributed by atoms with Crippen molar-refractivity contribution in [1.29, 1.82) is 0 Å². The summed E-state index contributed by atoms with van der Waals surface area (Å²) < 4.78 is 34.1. The van der Waals surface area contributed by atoms with Crippen molar-refractivity contribution in [3.05, 3.63) is 102 Å². The maximum absolute atomic E-state index is 13.1. The summed E-state index contributed by atoms with van der Waals surface area (Å²) >= 11 is 0. The van der Waals surface area contributed by atoms with E-state index in [4.69, 9.17) is 4.74 Å². The van der Waals surface area contributed by atoms with Crippen LogP contribution in [0.1, 0.15) is 29.7 Å². The van der Waals surface area contributed by atoms with Gasteiger partial charge in [-0.2, -0.15) is 4.72 Å². The molecule has 3 rings (SSSR count). The second kappa shape index (κ2) is 11.0. The quantitative estimate of drug-likeness (QED) is 0.458. The van der Waals surface area contributed by atoms with Crippen molar-refractivity contribution in [2.24, 2.45) is 0 Å². The number of carbonyl (C=O) groups is 1. The monoisotopic (exact) mass is 452 g/mol. The third-order valence-electron chi connectivity index (χ3n) is 5.01. The summed E-state index contributed by atoms with van der Waals surface area (Å²) in [7, 11) is -3.97. The molecule has 0 aliphatic rings. The van der Waals surface area contributed by atoms with Crippen LogP contribution in [0, 0.1) is 6.92 Å². The van der Waals surface area contributed by atoms with Crippen molar-refractivity contribution in [3.63, 3.8) is 0 Å².